The van der Waals surface area contributed by atoms with Gasteiger partial charge in [-0.25, -0.2) is 0 Å². The maximum Gasteiger partial charge on any atom is 0.191 e. The van der Waals surface area contributed by atoms with E-state index in [1.54, 1.807) is 0 Å². The molecule has 140 valence electrons. The largest absolute Gasteiger partial charge is 0.416 e. The molecule has 0 N–H and O–H groups in total. The molecule has 0 unspecified atom stereocenters. The summed E-state index contributed by atoms with van der Waals surface area (Å²) in [4.78, 5) is 6.32. The zero-order chi connectivity index (χ0) is 18.1. The van der Waals surface area contributed by atoms with E-state index in [4.69, 9.17) is 14.0 Å². The Morgan fingerprint density at radius 2 is 1.88 bits per heavy atom. The van der Waals surface area contributed by atoms with Crippen LogP contribution in [0.5, 0.6) is 0 Å². The summed E-state index contributed by atoms with van der Waals surface area (Å²) in [5, 5.41) is 2.36. The minimum absolute atomic E-state index is 0.209. The maximum atomic E-state index is 6.45. The summed E-state index contributed by atoms with van der Waals surface area (Å²) >= 11 is 0. The molecular weight excluding hydrogens is 330 g/mol. The van der Waals surface area contributed by atoms with Gasteiger partial charge in [-0.2, -0.15) is 5.06 Å². The molecule has 25 heavy (non-hydrogen) atoms. The highest BCUT2D eigenvalue weighted by molar-refractivity contribution is 6.74. The van der Waals surface area contributed by atoms with E-state index in [1.165, 1.54) is 5.56 Å². The van der Waals surface area contributed by atoms with E-state index in [0.717, 1.165) is 32.8 Å². The molecule has 0 spiro atoms. The quantitative estimate of drug-likeness (QED) is 0.733. The average Bonchev–Trinajstić information content (AvgIpc) is 2.81. The first-order valence-corrected chi connectivity index (χ1v) is 12.4. The van der Waals surface area contributed by atoms with Crippen LogP contribution in [0.1, 0.15) is 32.8 Å². The summed E-state index contributed by atoms with van der Waals surface area (Å²) in [6.45, 7) is 14.5. The number of benzene rings is 1. The highest BCUT2D eigenvalue weighted by Crippen LogP contribution is 2.38. The van der Waals surface area contributed by atoms with E-state index in [0.29, 0.717) is 12.0 Å². The topological polar surface area (TPSA) is 30.9 Å². The van der Waals surface area contributed by atoms with Gasteiger partial charge in [0.25, 0.3) is 0 Å². The number of hydroxylamine groups is 2. The number of nitrogens with zero attached hydrogens (tertiary/aromatic N) is 1. The Kier molecular flexibility index (Phi) is 5.71. The van der Waals surface area contributed by atoms with Gasteiger partial charge in [-0.3, -0.25) is 4.84 Å². The number of rotatable bonds is 5. The second-order valence-corrected chi connectivity index (χ2v) is 13.8. The molecule has 1 aromatic carbocycles. The molecule has 5 heteroatoms. The fourth-order valence-electron chi connectivity index (χ4n) is 3.20. The smallest absolute Gasteiger partial charge is 0.191 e. The van der Waals surface area contributed by atoms with Gasteiger partial charge in [0.15, 0.2) is 8.32 Å². The van der Waals surface area contributed by atoms with Gasteiger partial charge in [0.05, 0.1) is 25.4 Å². The molecule has 2 aliphatic heterocycles. The van der Waals surface area contributed by atoms with Crippen LogP contribution in [0, 0.1) is 5.92 Å². The number of ether oxygens (including phenoxy) is 1. The van der Waals surface area contributed by atoms with E-state index >= 15 is 0 Å². The van der Waals surface area contributed by atoms with Crippen LogP contribution in [-0.4, -0.2) is 45.3 Å². The molecule has 0 amide bonds. The molecule has 0 aromatic heterocycles. The van der Waals surface area contributed by atoms with Gasteiger partial charge in [-0.1, -0.05) is 51.1 Å². The van der Waals surface area contributed by atoms with Gasteiger partial charge >= 0.3 is 0 Å². The van der Waals surface area contributed by atoms with Crippen LogP contribution in [0.25, 0.3) is 0 Å². The van der Waals surface area contributed by atoms with Crippen molar-refractivity contribution in [2.24, 2.45) is 5.92 Å². The summed E-state index contributed by atoms with van der Waals surface area (Å²) in [7, 11) is -1.74. The van der Waals surface area contributed by atoms with Gasteiger partial charge in [-0.05, 0) is 30.1 Å². The molecule has 1 aromatic rings. The SMILES string of the molecule is CC(C)(C)[Si](C)(C)OC[C@H]1COC[C@@H]2C[C@H]1ON2Cc1ccccc1. The highest BCUT2D eigenvalue weighted by Gasteiger charge is 2.43. The van der Waals surface area contributed by atoms with Gasteiger partial charge in [-0.15, -0.1) is 0 Å². The predicted octanol–water partition coefficient (Wildman–Crippen LogP) is 4.23. The third-order valence-corrected chi connectivity index (χ3v) is 10.5. The second-order valence-electron chi connectivity index (χ2n) is 8.96. The third-order valence-electron chi connectivity index (χ3n) is 6.00. The summed E-state index contributed by atoms with van der Waals surface area (Å²) in [6.07, 6.45) is 1.25. The van der Waals surface area contributed by atoms with Gasteiger partial charge < -0.3 is 9.16 Å². The predicted molar refractivity (Wildman–Crippen MR) is 103 cm³/mol. The number of fused-ring (bicyclic) bond motifs is 2. The molecule has 3 rings (SSSR count). The molecule has 2 aliphatic rings. The third kappa shape index (κ3) is 4.52. The molecule has 2 heterocycles. The van der Waals surface area contributed by atoms with Crippen LogP contribution in [-0.2, 0) is 20.5 Å². The van der Waals surface area contributed by atoms with E-state index in [-0.39, 0.29) is 11.1 Å². The van der Waals surface area contributed by atoms with Crippen LogP contribution in [0.15, 0.2) is 30.3 Å². The lowest BCUT2D eigenvalue weighted by atomic mass is 10.0. The summed E-state index contributed by atoms with van der Waals surface area (Å²) in [5.74, 6) is 0.319. The fraction of sp³-hybridized carbons (Fsp3) is 0.700. The van der Waals surface area contributed by atoms with Gasteiger partial charge in [0.2, 0.25) is 0 Å². The van der Waals surface area contributed by atoms with Crippen LogP contribution < -0.4 is 0 Å². The summed E-state index contributed by atoms with van der Waals surface area (Å²) in [5.41, 5.74) is 1.28. The van der Waals surface area contributed by atoms with Crippen molar-refractivity contribution in [3.8, 4) is 0 Å². The second kappa shape index (κ2) is 7.49. The Labute approximate surface area is 153 Å². The van der Waals surface area contributed by atoms with Crippen molar-refractivity contribution in [1.82, 2.24) is 5.06 Å². The summed E-state index contributed by atoms with van der Waals surface area (Å²) in [6, 6.07) is 10.9. The normalized spacial score (nSPS) is 28.1. The first-order valence-electron chi connectivity index (χ1n) is 9.45. The number of hydrogen-bond acceptors (Lipinski definition) is 4. The fourth-order valence-corrected chi connectivity index (χ4v) is 4.26. The van der Waals surface area contributed by atoms with Crippen molar-refractivity contribution < 1.29 is 14.0 Å². The molecular formula is C20H33NO3Si. The van der Waals surface area contributed by atoms with Crippen LogP contribution in [0.4, 0.5) is 0 Å². The molecule has 0 radical (unpaired) electrons. The van der Waals surface area contributed by atoms with Crippen molar-refractivity contribution in [3.63, 3.8) is 0 Å². The average molecular weight is 364 g/mol. The first-order chi connectivity index (χ1) is 11.8. The Hall–Kier alpha value is -0.723. The van der Waals surface area contributed by atoms with Gasteiger partial charge in [0.1, 0.15) is 0 Å². The van der Waals surface area contributed by atoms with Crippen LogP contribution in [0.3, 0.4) is 0 Å². The maximum absolute atomic E-state index is 6.45. The molecule has 3 atom stereocenters. The number of hydrogen-bond donors (Lipinski definition) is 0. The minimum Gasteiger partial charge on any atom is -0.416 e. The monoisotopic (exact) mass is 363 g/mol. The van der Waals surface area contributed by atoms with E-state index in [9.17, 15) is 0 Å². The van der Waals surface area contributed by atoms with Crippen molar-refractivity contribution in [2.75, 3.05) is 19.8 Å². The molecule has 4 nitrogen and oxygen atoms in total. The first kappa shape index (κ1) is 19.0. The molecule has 0 aliphatic carbocycles. The van der Waals surface area contributed by atoms with Crippen molar-refractivity contribution >= 4 is 8.32 Å². The van der Waals surface area contributed by atoms with E-state index in [1.807, 2.05) is 0 Å². The Morgan fingerprint density at radius 1 is 1.16 bits per heavy atom. The zero-order valence-corrected chi connectivity index (χ0v) is 17.3. The van der Waals surface area contributed by atoms with E-state index in [2.05, 4.69) is 69.3 Å². The Morgan fingerprint density at radius 3 is 2.56 bits per heavy atom. The Balaban J connectivity index is 1.60. The van der Waals surface area contributed by atoms with Crippen molar-refractivity contribution in [3.05, 3.63) is 35.9 Å². The zero-order valence-electron chi connectivity index (χ0n) is 16.3. The van der Waals surface area contributed by atoms with Crippen molar-refractivity contribution in [2.45, 2.75) is 64.0 Å². The lowest BCUT2D eigenvalue weighted by Gasteiger charge is -2.38. The minimum atomic E-state index is -1.74. The van der Waals surface area contributed by atoms with Crippen molar-refractivity contribution in [1.29, 1.82) is 0 Å². The van der Waals surface area contributed by atoms with Gasteiger partial charge in [0, 0.05) is 19.1 Å². The molecule has 2 fully saturated rings. The summed E-state index contributed by atoms with van der Waals surface area (Å²) < 4.78 is 12.4. The van der Waals surface area contributed by atoms with E-state index < -0.39 is 8.32 Å². The Bertz CT molecular complexity index is 558. The lowest BCUT2D eigenvalue weighted by Crippen LogP contribution is -2.44. The van der Waals surface area contributed by atoms with Crippen LogP contribution >= 0.6 is 0 Å². The molecule has 0 saturated carbocycles. The molecule has 2 bridgehead atoms. The lowest BCUT2D eigenvalue weighted by molar-refractivity contribution is -0.207. The van der Waals surface area contributed by atoms with Crippen LogP contribution in [0.2, 0.25) is 18.1 Å². The standard InChI is InChI=1S/C20H33NO3Si/c1-20(2,3)25(4,5)23-14-17-13-22-15-18-11-19(17)24-21(18)12-16-9-7-6-8-10-16/h6-10,17-19H,11-15H2,1-5H3/t17-,18+,19-/m1/s1. The molecule has 2 saturated heterocycles. The highest BCUT2D eigenvalue weighted by atomic mass is 28.4.